The van der Waals surface area contributed by atoms with E-state index in [0.717, 1.165) is 24.1 Å². The number of aromatic nitrogens is 3. The lowest BCUT2D eigenvalue weighted by atomic mass is 10.1. The molecule has 0 saturated heterocycles. The number of anilines is 1. The molecule has 28 heavy (non-hydrogen) atoms. The molecule has 7 heteroatoms. The summed E-state index contributed by atoms with van der Waals surface area (Å²) in [5.41, 5.74) is 4.32. The number of carbonyl (C=O) groups excluding carboxylic acids is 1. The Morgan fingerprint density at radius 3 is 2.68 bits per heavy atom. The predicted molar refractivity (Wildman–Crippen MR) is 109 cm³/mol. The number of thioether (sulfide) groups is 1. The third kappa shape index (κ3) is 3.80. The van der Waals surface area contributed by atoms with Crippen LogP contribution in [0.4, 0.5) is 10.1 Å². The minimum Gasteiger partial charge on any atom is -0.325 e. The maximum absolute atomic E-state index is 13.1. The van der Waals surface area contributed by atoms with Crippen LogP contribution in [-0.2, 0) is 24.7 Å². The molecule has 4 rings (SSSR count). The molecular formula is C21H21FN4OS. The Bertz CT molecular complexity index is 1020. The van der Waals surface area contributed by atoms with Gasteiger partial charge in [-0.3, -0.25) is 4.79 Å². The van der Waals surface area contributed by atoms with Gasteiger partial charge in [0.15, 0.2) is 11.0 Å². The van der Waals surface area contributed by atoms with E-state index in [1.807, 2.05) is 24.6 Å². The Kier molecular flexibility index (Phi) is 5.17. The van der Waals surface area contributed by atoms with Crippen LogP contribution >= 0.6 is 11.8 Å². The van der Waals surface area contributed by atoms with Gasteiger partial charge < -0.3 is 9.88 Å². The molecule has 1 amide bonds. The average molecular weight is 396 g/mol. The van der Waals surface area contributed by atoms with Gasteiger partial charge in [-0.1, -0.05) is 17.8 Å². The molecule has 1 heterocycles. The van der Waals surface area contributed by atoms with E-state index in [9.17, 15) is 9.18 Å². The number of nitrogens with zero attached hydrogens (tertiary/aromatic N) is 3. The summed E-state index contributed by atoms with van der Waals surface area (Å²) < 4.78 is 14.9. The second kappa shape index (κ2) is 7.75. The molecule has 0 spiro atoms. The van der Waals surface area contributed by atoms with Crippen LogP contribution in [0, 0.1) is 5.82 Å². The summed E-state index contributed by atoms with van der Waals surface area (Å²) in [6, 6.07) is 12.3. The summed E-state index contributed by atoms with van der Waals surface area (Å²) >= 11 is 1.34. The van der Waals surface area contributed by atoms with Crippen molar-refractivity contribution < 1.29 is 9.18 Å². The number of carbonyl (C=O) groups is 1. The number of amides is 1. The molecule has 0 radical (unpaired) electrons. The van der Waals surface area contributed by atoms with Gasteiger partial charge in [0.1, 0.15) is 5.82 Å². The average Bonchev–Trinajstić information content (AvgIpc) is 3.29. The molecule has 144 valence electrons. The number of hydrogen-bond donors (Lipinski definition) is 1. The van der Waals surface area contributed by atoms with Crippen LogP contribution in [0.5, 0.6) is 0 Å². The fraction of sp³-hybridized carbons (Fsp3) is 0.286. The lowest BCUT2D eigenvalue weighted by molar-refractivity contribution is -0.115. The maximum Gasteiger partial charge on any atom is 0.237 e. The van der Waals surface area contributed by atoms with Crippen LogP contribution in [0.1, 0.15) is 24.5 Å². The van der Waals surface area contributed by atoms with E-state index in [0.29, 0.717) is 11.0 Å². The molecule has 2 aromatic carbocycles. The van der Waals surface area contributed by atoms with Crippen LogP contribution in [-0.4, -0.2) is 25.9 Å². The molecule has 5 nitrogen and oxygen atoms in total. The van der Waals surface area contributed by atoms with E-state index in [-0.39, 0.29) is 17.0 Å². The highest BCUT2D eigenvalue weighted by Crippen LogP contribution is 2.28. The molecule has 1 N–H and O–H groups in total. The molecule has 1 aliphatic rings. The second-order valence-corrected chi connectivity index (χ2v) is 8.27. The molecule has 1 aromatic heterocycles. The number of rotatable bonds is 5. The van der Waals surface area contributed by atoms with Crippen molar-refractivity contribution >= 4 is 23.4 Å². The van der Waals surface area contributed by atoms with Crippen LogP contribution < -0.4 is 5.32 Å². The topological polar surface area (TPSA) is 59.8 Å². The number of hydrogen-bond acceptors (Lipinski definition) is 4. The second-order valence-electron chi connectivity index (χ2n) is 6.96. The molecule has 0 unspecified atom stereocenters. The summed E-state index contributed by atoms with van der Waals surface area (Å²) in [5, 5.41) is 11.7. The molecule has 1 atom stereocenters. The first-order valence-corrected chi connectivity index (χ1v) is 10.1. The third-order valence-corrected chi connectivity index (χ3v) is 6.09. The third-order valence-electron chi connectivity index (χ3n) is 4.95. The van der Waals surface area contributed by atoms with Crippen molar-refractivity contribution in [3.05, 3.63) is 59.4 Å². The van der Waals surface area contributed by atoms with E-state index < -0.39 is 0 Å². The number of halogens is 1. The Labute approximate surface area is 167 Å². The molecule has 3 aromatic rings. The first kappa shape index (κ1) is 18.7. The first-order valence-electron chi connectivity index (χ1n) is 9.26. The monoisotopic (exact) mass is 396 g/mol. The number of benzene rings is 2. The Hall–Kier alpha value is -2.67. The van der Waals surface area contributed by atoms with Gasteiger partial charge in [0, 0.05) is 18.3 Å². The van der Waals surface area contributed by atoms with Crippen molar-refractivity contribution in [3.63, 3.8) is 0 Å². The van der Waals surface area contributed by atoms with E-state index in [4.69, 9.17) is 0 Å². The summed E-state index contributed by atoms with van der Waals surface area (Å²) in [5.74, 6) is 0.264. The van der Waals surface area contributed by atoms with Crippen LogP contribution in [0.25, 0.3) is 11.4 Å². The first-order chi connectivity index (χ1) is 13.5. The molecule has 0 aliphatic heterocycles. The Morgan fingerprint density at radius 2 is 1.89 bits per heavy atom. The summed E-state index contributed by atoms with van der Waals surface area (Å²) in [6.07, 6.45) is 3.38. The highest BCUT2D eigenvalue weighted by atomic mass is 32.2. The van der Waals surface area contributed by atoms with Gasteiger partial charge in [-0.25, -0.2) is 4.39 Å². The van der Waals surface area contributed by atoms with Crippen molar-refractivity contribution in [2.24, 2.45) is 7.05 Å². The van der Waals surface area contributed by atoms with Gasteiger partial charge in [0.05, 0.1) is 5.25 Å². The van der Waals surface area contributed by atoms with Gasteiger partial charge >= 0.3 is 0 Å². The number of aryl methyl sites for hydroxylation is 2. The van der Waals surface area contributed by atoms with Crippen molar-refractivity contribution in [2.75, 3.05) is 5.32 Å². The summed E-state index contributed by atoms with van der Waals surface area (Å²) in [7, 11) is 1.84. The number of fused-ring (bicyclic) bond motifs is 1. The zero-order valence-corrected chi connectivity index (χ0v) is 16.6. The smallest absolute Gasteiger partial charge is 0.237 e. The SMILES string of the molecule is C[C@H](Sc1nnc(-c2ccc(F)cc2)n1C)C(=O)Nc1ccc2c(c1)CCC2. The molecular weight excluding hydrogens is 375 g/mol. The molecule has 1 aliphatic carbocycles. The zero-order chi connectivity index (χ0) is 19.7. The molecule has 0 saturated carbocycles. The van der Waals surface area contributed by atoms with E-state index >= 15 is 0 Å². The summed E-state index contributed by atoms with van der Waals surface area (Å²) in [6.45, 7) is 1.85. The molecule has 0 bridgehead atoms. The largest absolute Gasteiger partial charge is 0.325 e. The van der Waals surface area contributed by atoms with Crippen molar-refractivity contribution in [1.82, 2.24) is 14.8 Å². The van der Waals surface area contributed by atoms with Gasteiger partial charge in [0.2, 0.25) is 5.91 Å². The fourth-order valence-corrected chi connectivity index (χ4v) is 4.19. The highest BCUT2D eigenvalue weighted by Gasteiger charge is 2.20. The minimum absolute atomic E-state index is 0.0747. The van der Waals surface area contributed by atoms with Crippen LogP contribution in [0.15, 0.2) is 47.6 Å². The number of nitrogens with one attached hydrogen (secondary N) is 1. The fourth-order valence-electron chi connectivity index (χ4n) is 3.37. The Balaban J connectivity index is 1.44. The lowest BCUT2D eigenvalue weighted by Crippen LogP contribution is -2.23. The zero-order valence-electron chi connectivity index (χ0n) is 15.8. The minimum atomic E-state index is -0.336. The van der Waals surface area contributed by atoms with Gasteiger partial charge in [0.25, 0.3) is 0 Å². The van der Waals surface area contributed by atoms with Gasteiger partial charge in [-0.05, 0) is 73.7 Å². The quantitative estimate of drug-likeness (QED) is 0.656. The van der Waals surface area contributed by atoms with Crippen molar-refractivity contribution in [1.29, 1.82) is 0 Å². The lowest BCUT2D eigenvalue weighted by Gasteiger charge is -2.12. The van der Waals surface area contributed by atoms with Gasteiger partial charge in [-0.15, -0.1) is 10.2 Å². The van der Waals surface area contributed by atoms with Crippen LogP contribution in [0.3, 0.4) is 0 Å². The van der Waals surface area contributed by atoms with Crippen molar-refractivity contribution in [3.8, 4) is 11.4 Å². The van der Waals surface area contributed by atoms with E-state index in [1.165, 1.54) is 41.4 Å². The molecule has 0 fully saturated rings. The van der Waals surface area contributed by atoms with E-state index in [2.05, 4.69) is 27.6 Å². The standard InChI is InChI=1S/C21H21FN4OS/c1-13(20(27)23-18-11-8-14-4-3-5-16(14)12-18)28-21-25-24-19(26(21)2)15-6-9-17(22)10-7-15/h6-13H,3-5H2,1-2H3,(H,23,27)/t13-/m0/s1. The van der Waals surface area contributed by atoms with Crippen LogP contribution in [0.2, 0.25) is 0 Å². The normalized spacial score (nSPS) is 14.0. The predicted octanol–water partition coefficient (Wildman–Crippen LogP) is 4.23. The van der Waals surface area contributed by atoms with Crippen molar-refractivity contribution in [2.45, 2.75) is 36.6 Å². The summed E-state index contributed by atoms with van der Waals surface area (Å²) in [4.78, 5) is 12.6. The van der Waals surface area contributed by atoms with E-state index in [1.54, 1.807) is 12.1 Å². The van der Waals surface area contributed by atoms with Gasteiger partial charge in [-0.2, -0.15) is 0 Å². The Morgan fingerprint density at radius 1 is 1.14 bits per heavy atom. The highest BCUT2D eigenvalue weighted by molar-refractivity contribution is 8.00. The maximum atomic E-state index is 13.1.